The van der Waals surface area contributed by atoms with E-state index in [0.29, 0.717) is 23.5 Å². The number of halogens is 1. The van der Waals surface area contributed by atoms with Crippen LogP contribution >= 0.6 is 27.3 Å². The van der Waals surface area contributed by atoms with E-state index in [1.807, 2.05) is 30.5 Å². The molecule has 3 amide bonds. The van der Waals surface area contributed by atoms with Gasteiger partial charge in [-0.1, -0.05) is 22.0 Å². The molecule has 1 aromatic carbocycles. The molecule has 0 spiro atoms. The van der Waals surface area contributed by atoms with Crippen LogP contribution in [0.15, 0.2) is 40.2 Å². The van der Waals surface area contributed by atoms with Gasteiger partial charge in [0.25, 0.3) is 5.91 Å². The molecule has 1 aromatic heterocycles. The lowest BCUT2D eigenvalue weighted by atomic mass is 10.2. The van der Waals surface area contributed by atoms with Gasteiger partial charge in [-0.05, 0) is 55.0 Å². The van der Waals surface area contributed by atoms with Gasteiger partial charge in [-0.25, -0.2) is 0 Å². The Balaban J connectivity index is 1.55. The van der Waals surface area contributed by atoms with Crippen molar-refractivity contribution < 1.29 is 14.4 Å². The van der Waals surface area contributed by atoms with Crippen LogP contribution in [-0.2, 0) is 9.59 Å². The van der Waals surface area contributed by atoms with Crippen molar-refractivity contribution in [3.05, 3.63) is 50.6 Å². The maximum atomic E-state index is 12.5. The van der Waals surface area contributed by atoms with Gasteiger partial charge in [0.2, 0.25) is 11.8 Å². The summed E-state index contributed by atoms with van der Waals surface area (Å²) in [6.07, 6.45) is 1.38. The smallest absolute Gasteiger partial charge is 0.264 e. The molecule has 1 atom stereocenters. The largest absolute Gasteiger partial charge is 0.345 e. The normalized spacial score (nSPS) is 16.2. The molecule has 1 fully saturated rings. The molecule has 3 rings (SSSR count). The molecule has 1 saturated heterocycles. The highest BCUT2D eigenvalue weighted by Gasteiger charge is 2.34. The quantitative estimate of drug-likeness (QED) is 0.735. The summed E-state index contributed by atoms with van der Waals surface area (Å²) < 4.78 is 0.933. The summed E-state index contributed by atoms with van der Waals surface area (Å²) in [7, 11) is 0. The number of anilines is 1. The minimum absolute atomic E-state index is 0.127. The summed E-state index contributed by atoms with van der Waals surface area (Å²) in [5, 5.41) is 7.28. The van der Waals surface area contributed by atoms with Crippen molar-refractivity contribution in [3.8, 4) is 0 Å². The van der Waals surface area contributed by atoms with E-state index in [4.69, 9.17) is 0 Å². The molecule has 1 aliphatic rings. The topological polar surface area (TPSA) is 78.5 Å². The Bertz CT molecular complexity index is 854. The molecule has 0 unspecified atom stereocenters. The van der Waals surface area contributed by atoms with Crippen molar-refractivity contribution in [2.45, 2.75) is 25.8 Å². The second kappa shape index (κ2) is 8.67. The zero-order valence-corrected chi connectivity index (χ0v) is 17.2. The molecule has 2 aromatic rings. The predicted molar refractivity (Wildman–Crippen MR) is 109 cm³/mol. The van der Waals surface area contributed by atoms with Crippen molar-refractivity contribution in [1.29, 1.82) is 0 Å². The highest BCUT2D eigenvalue weighted by atomic mass is 79.9. The molecule has 8 heteroatoms. The SMILES string of the molecule is Cc1cc(Br)ccc1NC(=O)CNC(=O)[C@H]1CCCN1C(=O)c1cccs1. The van der Waals surface area contributed by atoms with Gasteiger partial charge in [-0.2, -0.15) is 0 Å². The zero-order valence-electron chi connectivity index (χ0n) is 14.8. The fraction of sp³-hybridized carbons (Fsp3) is 0.316. The Hall–Kier alpha value is -2.19. The van der Waals surface area contributed by atoms with Crippen molar-refractivity contribution in [2.24, 2.45) is 0 Å². The van der Waals surface area contributed by atoms with Crippen LogP contribution in [0.2, 0.25) is 0 Å². The number of carbonyl (C=O) groups is 3. The van der Waals surface area contributed by atoms with Gasteiger partial charge >= 0.3 is 0 Å². The van der Waals surface area contributed by atoms with E-state index in [2.05, 4.69) is 26.6 Å². The summed E-state index contributed by atoms with van der Waals surface area (Å²) >= 11 is 4.74. The highest BCUT2D eigenvalue weighted by molar-refractivity contribution is 9.10. The number of rotatable bonds is 5. The molecule has 2 N–H and O–H groups in total. The third-order valence-electron chi connectivity index (χ3n) is 4.43. The first kappa shape index (κ1) is 19.6. The van der Waals surface area contributed by atoms with Crippen LogP contribution in [0.25, 0.3) is 0 Å². The van der Waals surface area contributed by atoms with Crippen LogP contribution in [0, 0.1) is 6.92 Å². The van der Waals surface area contributed by atoms with Crippen LogP contribution < -0.4 is 10.6 Å². The van der Waals surface area contributed by atoms with Gasteiger partial charge < -0.3 is 15.5 Å². The fourth-order valence-electron chi connectivity index (χ4n) is 3.07. The van der Waals surface area contributed by atoms with E-state index < -0.39 is 6.04 Å². The van der Waals surface area contributed by atoms with Gasteiger partial charge in [0.05, 0.1) is 11.4 Å². The third-order valence-corrected chi connectivity index (χ3v) is 5.79. The van der Waals surface area contributed by atoms with Crippen LogP contribution in [-0.4, -0.2) is 41.8 Å². The molecular weight excluding hydrogens is 430 g/mol. The number of aryl methyl sites for hydroxylation is 1. The Labute approximate surface area is 170 Å². The van der Waals surface area contributed by atoms with Gasteiger partial charge in [0, 0.05) is 16.7 Å². The predicted octanol–water partition coefficient (Wildman–Crippen LogP) is 3.18. The van der Waals surface area contributed by atoms with E-state index >= 15 is 0 Å². The molecule has 0 saturated carbocycles. The first-order chi connectivity index (χ1) is 13.0. The third kappa shape index (κ3) is 4.75. The monoisotopic (exact) mass is 449 g/mol. The number of thiophene rings is 1. The van der Waals surface area contributed by atoms with Crippen molar-refractivity contribution in [2.75, 3.05) is 18.4 Å². The Morgan fingerprint density at radius 2 is 2.11 bits per heavy atom. The minimum Gasteiger partial charge on any atom is -0.345 e. The summed E-state index contributed by atoms with van der Waals surface area (Å²) in [5.74, 6) is -0.722. The summed E-state index contributed by atoms with van der Waals surface area (Å²) in [5.41, 5.74) is 1.63. The zero-order chi connectivity index (χ0) is 19.4. The Morgan fingerprint density at radius 3 is 2.81 bits per heavy atom. The number of nitrogens with zero attached hydrogens (tertiary/aromatic N) is 1. The van der Waals surface area contributed by atoms with Crippen LogP contribution in [0.5, 0.6) is 0 Å². The second-order valence-corrected chi connectivity index (χ2v) is 8.22. The molecule has 27 heavy (non-hydrogen) atoms. The fourth-order valence-corrected chi connectivity index (χ4v) is 4.23. The standard InChI is InChI=1S/C19H20BrN3O3S/c1-12-10-13(20)6-7-14(12)22-17(24)11-21-18(25)15-4-2-8-23(15)19(26)16-5-3-9-27-16/h3,5-7,9-10,15H,2,4,8,11H2,1H3,(H,21,25)(H,22,24)/t15-/m1/s1. The lowest BCUT2D eigenvalue weighted by Crippen LogP contribution is -2.47. The lowest BCUT2D eigenvalue weighted by molar-refractivity contribution is -0.127. The van der Waals surface area contributed by atoms with Gasteiger partial charge in [-0.15, -0.1) is 11.3 Å². The first-order valence-corrected chi connectivity index (χ1v) is 10.3. The molecule has 0 aliphatic carbocycles. The van der Waals surface area contributed by atoms with E-state index in [-0.39, 0.29) is 24.3 Å². The number of benzene rings is 1. The van der Waals surface area contributed by atoms with E-state index in [9.17, 15) is 14.4 Å². The number of likely N-dealkylation sites (tertiary alicyclic amines) is 1. The second-order valence-electron chi connectivity index (χ2n) is 6.36. The number of nitrogens with one attached hydrogen (secondary N) is 2. The molecule has 0 radical (unpaired) electrons. The van der Waals surface area contributed by atoms with E-state index in [0.717, 1.165) is 16.5 Å². The van der Waals surface area contributed by atoms with Crippen LogP contribution in [0.3, 0.4) is 0 Å². The van der Waals surface area contributed by atoms with Gasteiger partial charge in [-0.3, -0.25) is 14.4 Å². The van der Waals surface area contributed by atoms with Crippen molar-refractivity contribution >= 4 is 50.7 Å². The first-order valence-electron chi connectivity index (χ1n) is 8.64. The molecule has 6 nitrogen and oxygen atoms in total. The maximum Gasteiger partial charge on any atom is 0.264 e. The van der Waals surface area contributed by atoms with Crippen molar-refractivity contribution in [1.82, 2.24) is 10.2 Å². The highest BCUT2D eigenvalue weighted by Crippen LogP contribution is 2.22. The number of hydrogen-bond donors (Lipinski definition) is 2. The minimum atomic E-state index is -0.526. The molecule has 0 bridgehead atoms. The average Bonchev–Trinajstić information content (AvgIpc) is 3.33. The van der Waals surface area contributed by atoms with E-state index in [1.54, 1.807) is 17.0 Å². The van der Waals surface area contributed by atoms with Crippen LogP contribution in [0.4, 0.5) is 5.69 Å². The van der Waals surface area contributed by atoms with Gasteiger partial charge in [0.15, 0.2) is 0 Å². The Morgan fingerprint density at radius 1 is 1.30 bits per heavy atom. The number of hydrogen-bond acceptors (Lipinski definition) is 4. The molecule has 142 valence electrons. The maximum absolute atomic E-state index is 12.5. The van der Waals surface area contributed by atoms with Crippen molar-refractivity contribution in [3.63, 3.8) is 0 Å². The number of carbonyl (C=O) groups excluding carboxylic acids is 3. The average molecular weight is 450 g/mol. The molecule has 2 heterocycles. The molecular formula is C19H20BrN3O3S. The van der Waals surface area contributed by atoms with Gasteiger partial charge in [0.1, 0.15) is 6.04 Å². The van der Waals surface area contributed by atoms with E-state index in [1.165, 1.54) is 11.3 Å². The summed E-state index contributed by atoms with van der Waals surface area (Å²) in [6.45, 7) is 2.32. The molecule has 1 aliphatic heterocycles. The summed E-state index contributed by atoms with van der Waals surface area (Å²) in [4.78, 5) is 39.4. The lowest BCUT2D eigenvalue weighted by Gasteiger charge is -2.23. The Kier molecular flexibility index (Phi) is 6.28. The number of amides is 3. The summed E-state index contributed by atoms with van der Waals surface area (Å²) in [6, 6.07) is 8.60. The van der Waals surface area contributed by atoms with Crippen LogP contribution in [0.1, 0.15) is 28.1 Å².